The molecule has 66 valence electrons. The fourth-order valence-corrected chi connectivity index (χ4v) is 0.995. The summed E-state index contributed by atoms with van der Waals surface area (Å²) in [7, 11) is 1.00. The second-order valence-corrected chi connectivity index (χ2v) is 2.06. The van der Waals surface area contributed by atoms with Crippen LogP contribution in [0.25, 0.3) is 10.9 Å². The summed E-state index contributed by atoms with van der Waals surface area (Å²) in [6, 6.07) is 10.3. The smallest absolute Gasteiger partial charge is 0.0453 e. The standard InChI is InChI=1S/C8H7N.CH4O.H2O/c1-2-4-8-7(3-1)5-6-9-8;1-2;/h1-6,9H;2H,1H3;1H2. The van der Waals surface area contributed by atoms with Gasteiger partial charge in [-0.15, -0.1) is 0 Å². The summed E-state index contributed by atoms with van der Waals surface area (Å²) in [5.74, 6) is 0. The highest BCUT2D eigenvalue weighted by Gasteiger charge is 1.86. The van der Waals surface area contributed by atoms with E-state index in [1.807, 2.05) is 18.3 Å². The number of benzene rings is 1. The van der Waals surface area contributed by atoms with E-state index < -0.39 is 0 Å². The van der Waals surface area contributed by atoms with E-state index in [0.29, 0.717) is 0 Å². The van der Waals surface area contributed by atoms with Crippen molar-refractivity contribution in [3.8, 4) is 0 Å². The Balaban J connectivity index is 0.000000378. The molecule has 0 atom stereocenters. The van der Waals surface area contributed by atoms with Crippen LogP contribution in [0.5, 0.6) is 0 Å². The summed E-state index contributed by atoms with van der Waals surface area (Å²) in [5, 5.41) is 8.28. The maximum absolute atomic E-state index is 7.00. The van der Waals surface area contributed by atoms with Gasteiger partial charge in [-0.25, -0.2) is 0 Å². The van der Waals surface area contributed by atoms with Crippen LogP contribution in [0.1, 0.15) is 0 Å². The molecule has 1 heterocycles. The lowest BCUT2D eigenvalue weighted by Crippen LogP contribution is -1.61. The Morgan fingerprint density at radius 3 is 2.42 bits per heavy atom. The molecular formula is C9H13NO2. The van der Waals surface area contributed by atoms with E-state index in [9.17, 15) is 0 Å². The number of hydrogen-bond acceptors (Lipinski definition) is 1. The second kappa shape index (κ2) is 5.35. The molecule has 0 aliphatic rings. The van der Waals surface area contributed by atoms with Gasteiger partial charge in [0.2, 0.25) is 0 Å². The zero-order valence-corrected chi connectivity index (χ0v) is 6.91. The van der Waals surface area contributed by atoms with Crippen LogP contribution in [0.3, 0.4) is 0 Å². The SMILES string of the molecule is CO.O.c1ccc2[nH]ccc2c1. The van der Waals surface area contributed by atoms with Gasteiger partial charge in [-0.05, 0) is 17.5 Å². The maximum Gasteiger partial charge on any atom is 0.0453 e. The van der Waals surface area contributed by atoms with E-state index in [1.165, 1.54) is 10.9 Å². The molecule has 0 aliphatic carbocycles. The van der Waals surface area contributed by atoms with E-state index in [1.54, 1.807) is 0 Å². The van der Waals surface area contributed by atoms with Gasteiger partial charge in [-0.2, -0.15) is 0 Å². The zero-order chi connectivity index (χ0) is 8.10. The molecule has 12 heavy (non-hydrogen) atoms. The lowest BCUT2D eigenvalue weighted by Gasteiger charge is -1.83. The van der Waals surface area contributed by atoms with Gasteiger partial charge in [-0.3, -0.25) is 0 Å². The lowest BCUT2D eigenvalue weighted by molar-refractivity contribution is 0.399. The van der Waals surface area contributed by atoms with Gasteiger partial charge in [0.25, 0.3) is 0 Å². The Kier molecular flexibility index (Phi) is 4.76. The number of nitrogens with one attached hydrogen (secondary N) is 1. The minimum absolute atomic E-state index is 0. The van der Waals surface area contributed by atoms with Gasteiger partial charge in [0.05, 0.1) is 0 Å². The van der Waals surface area contributed by atoms with Crippen molar-refractivity contribution >= 4 is 10.9 Å². The van der Waals surface area contributed by atoms with Crippen LogP contribution >= 0.6 is 0 Å². The average Bonchev–Trinajstić information content (AvgIpc) is 2.55. The van der Waals surface area contributed by atoms with E-state index >= 15 is 0 Å². The normalized spacial score (nSPS) is 8.17. The molecular weight excluding hydrogens is 154 g/mol. The third kappa shape index (κ3) is 2.08. The first-order valence-corrected chi connectivity index (χ1v) is 3.44. The summed E-state index contributed by atoms with van der Waals surface area (Å²) in [4.78, 5) is 3.12. The third-order valence-electron chi connectivity index (χ3n) is 1.46. The van der Waals surface area contributed by atoms with Crippen molar-refractivity contribution in [1.29, 1.82) is 0 Å². The number of fused-ring (bicyclic) bond motifs is 1. The maximum atomic E-state index is 7.00. The summed E-state index contributed by atoms with van der Waals surface area (Å²) < 4.78 is 0. The number of aliphatic hydroxyl groups excluding tert-OH is 1. The highest BCUT2D eigenvalue weighted by Crippen LogP contribution is 2.09. The van der Waals surface area contributed by atoms with Gasteiger partial charge in [0.15, 0.2) is 0 Å². The molecule has 0 saturated heterocycles. The first-order chi connectivity index (χ1) is 5.47. The summed E-state index contributed by atoms with van der Waals surface area (Å²) in [6.45, 7) is 0. The molecule has 2 aromatic rings. The summed E-state index contributed by atoms with van der Waals surface area (Å²) in [6.07, 6.45) is 1.95. The van der Waals surface area contributed by atoms with Crippen molar-refractivity contribution in [1.82, 2.24) is 4.98 Å². The van der Waals surface area contributed by atoms with Gasteiger partial charge in [0, 0.05) is 18.8 Å². The Hall–Kier alpha value is -1.32. The topological polar surface area (TPSA) is 67.5 Å². The molecule has 1 aromatic carbocycles. The highest BCUT2D eigenvalue weighted by atomic mass is 16.2. The quantitative estimate of drug-likeness (QED) is 0.602. The van der Waals surface area contributed by atoms with Gasteiger partial charge in [0.1, 0.15) is 0 Å². The highest BCUT2D eigenvalue weighted by molar-refractivity contribution is 5.78. The molecule has 0 bridgehead atoms. The molecule has 2 rings (SSSR count). The Labute approximate surface area is 71.0 Å². The predicted octanol–water partition coefficient (Wildman–Crippen LogP) is 0.952. The Morgan fingerprint density at radius 1 is 1.08 bits per heavy atom. The molecule has 4 N–H and O–H groups in total. The van der Waals surface area contributed by atoms with Crippen LogP contribution in [-0.4, -0.2) is 22.7 Å². The van der Waals surface area contributed by atoms with Gasteiger partial charge in [-0.1, -0.05) is 18.2 Å². The number of rotatable bonds is 0. The first kappa shape index (κ1) is 10.7. The minimum Gasteiger partial charge on any atom is -0.412 e. The number of aliphatic hydroxyl groups is 1. The number of aromatic amines is 1. The van der Waals surface area contributed by atoms with Crippen molar-refractivity contribution in [2.24, 2.45) is 0 Å². The molecule has 0 saturated carbocycles. The monoisotopic (exact) mass is 167 g/mol. The molecule has 0 amide bonds. The van der Waals surface area contributed by atoms with Crippen LogP contribution in [0.15, 0.2) is 36.5 Å². The molecule has 0 aliphatic heterocycles. The van der Waals surface area contributed by atoms with Crippen LogP contribution < -0.4 is 0 Å². The predicted molar refractivity (Wildman–Crippen MR) is 50.1 cm³/mol. The van der Waals surface area contributed by atoms with E-state index in [2.05, 4.69) is 23.2 Å². The number of H-pyrrole nitrogens is 1. The molecule has 0 spiro atoms. The van der Waals surface area contributed by atoms with Crippen LogP contribution in [0, 0.1) is 0 Å². The third-order valence-corrected chi connectivity index (χ3v) is 1.46. The van der Waals surface area contributed by atoms with Crippen molar-refractivity contribution in [3.63, 3.8) is 0 Å². The molecule has 0 radical (unpaired) electrons. The zero-order valence-electron chi connectivity index (χ0n) is 6.91. The second-order valence-electron chi connectivity index (χ2n) is 2.06. The van der Waals surface area contributed by atoms with Crippen molar-refractivity contribution in [2.75, 3.05) is 7.11 Å². The van der Waals surface area contributed by atoms with Crippen molar-refractivity contribution in [2.45, 2.75) is 0 Å². The van der Waals surface area contributed by atoms with Crippen molar-refractivity contribution in [3.05, 3.63) is 36.5 Å². The van der Waals surface area contributed by atoms with Crippen LogP contribution in [-0.2, 0) is 0 Å². The summed E-state index contributed by atoms with van der Waals surface area (Å²) >= 11 is 0. The van der Waals surface area contributed by atoms with Crippen molar-refractivity contribution < 1.29 is 10.6 Å². The van der Waals surface area contributed by atoms with Gasteiger partial charge < -0.3 is 15.6 Å². The number of para-hydroxylation sites is 1. The molecule has 1 aromatic heterocycles. The minimum atomic E-state index is 0. The Bertz CT molecular complexity index is 287. The van der Waals surface area contributed by atoms with E-state index in [0.717, 1.165) is 7.11 Å². The molecule has 0 fully saturated rings. The lowest BCUT2D eigenvalue weighted by atomic mass is 10.3. The largest absolute Gasteiger partial charge is 0.412 e. The average molecular weight is 167 g/mol. The number of aromatic nitrogens is 1. The first-order valence-electron chi connectivity index (χ1n) is 3.44. The van der Waals surface area contributed by atoms with E-state index in [4.69, 9.17) is 5.11 Å². The van der Waals surface area contributed by atoms with Crippen LogP contribution in [0.2, 0.25) is 0 Å². The molecule has 3 heteroatoms. The fraction of sp³-hybridized carbons (Fsp3) is 0.111. The number of hydrogen-bond donors (Lipinski definition) is 2. The molecule has 3 nitrogen and oxygen atoms in total. The van der Waals surface area contributed by atoms with Gasteiger partial charge >= 0.3 is 0 Å². The van der Waals surface area contributed by atoms with E-state index in [-0.39, 0.29) is 5.48 Å². The molecule has 0 unspecified atom stereocenters. The Morgan fingerprint density at radius 2 is 1.75 bits per heavy atom. The summed E-state index contributed by atoms with van der Waals surface area (Å²) in [5.41, 5.74) is 1.21. The van der Waals surface area contributed by atoms with Crippen LogP contribution in [0.4, 0.5) is 0 Å². The fourth-order valence-electron chi connectivity index (χ4n) is 0.995.